The summed E-state index contributed by atoms with van der Waals surface area (Å²) in [4.78, 5) is 12.1. The van der Waals surface area contributed by atoms with E-state index < -0.39 is 0 Å². The molecule has 2 nitrogen and oxygen atoms in total. The molecule has 0 aliphatic heterocycles. The van der Waals surface area contributed by atoms with Crippen LogP contribution >= 0.6 is 0 Å². The summed E-state index contributed by atoms with van der Waals surface area (Å²) in [5.74, 6) is 0. The van der Waals surface area contributed by atoms with E-state index in [9.17, 15) is 4.79 Å². The molecule has 0 radical (unpaired) electrons. The van der Waals surface area contributed by atoms with Crippen LogP contribution in [-0.2, 0) is 4.79 Å². The molecule has 1 unspecified atom stereocenters. The van der Waals surface area contributed by atoms with Crippen molar-refractivity contribution in [3.05, 3.63) is 12.2 Å². The lowest BCUT2D eigenvalue weighted by Crippen LogP contribution is -2.28. The van der Waals surface area contributed by atoms with Gasteiger partial charge in [0.15, 0.2) is 0 Å². The Bertz CT molecular complexity index is 132. The lowest BCUT2D eigenvalue weighted by molar-refractivity contribution is -0.104. The standard InChI is InChI=1S/C9H17NO/c1-4-9(2)10(3)7-5-6-8-11/h5-6,8-9H,4,7H2,1-3H3/b6-5+. The fourth-order valence-corrected chi connectivity index (χ4v) is 0.774. The largest absolute Gasteiger partial charge is 0.300 e. The Morgan fingerprint density at radius 1 is 1.55 bits per heavy atom. The van der Waals surface area contributed by atoms with Crippen molar-refractivity contribution in [1.29, 1.82) is 0 Å². The van der Waals surface area contributed by atoms with Crippen molar-refractivity contribution in [3.63, 3.8) is 0 Å². The molecular formula is C9H17NO. The van der Waals surface area contributed by atoms with E-state index in [1.54, 1.807) is 6.08 Å². The molecule has 0 rings (SSSR count). The summed E-state index contributed by atoms with van der Waals surface area (Å²) in [7, 11) is 2.06. The van der Waals surface area contributed by atoms with Crippen LogP contribution in [0.3, 0.4) is 0 Å². The normalized spacial score (nSPS) is 14.2. The van der Waals surface area contributed by atoms with Crippen LogP contribution in [0.15, 0.2) is 12.2 Å². The molecule has 1 atom stereocenters. The van der Waals surface area contributed by atoms with Crippen molar-refractivity contribution in [2.24, 2.45) is 0 Å². The summed E-state index contributed by atoms with van der Waals surface area (Å²) in [6, 6.07) is 0.589. The molecule has 0 aliphatic rings. The minimum atomic E-state index is 0.589. The molecule has 0 saturated heterocycles. The lowest BCUT2D eigenvalue weighted by Gasteiger charge is -2.21. The van der Waals surface area contributed by atoms with E-state index in [4.69, 9.17) is 0 Å². The van der Waals surface area contributed by atoms with Crippen LogP contribution in [0.5, 0.6) is 0 Å². The number of hydrogen-bond donors (Lipinski definition) is 0. The number of hydrogen-bond acceptors (Lipinski definition) is 2. The zero-order valence-corrected chi connectivity index (χ0v) is 7.58. The van der Waals surface area contributed by atoms with Gasteiger partial charge in [-0.25, -0.2) is 0 Å². The minimum absolute atomic E-state index is 0.589. The number of rotatable bonds is 5. The minimum Gasteiger partial charge on any atom is -0.300 e. The Balaban J connectivity index is 3.58. The highest BCUT2D eigenvalue weighted by Crippen LogP contribution is 1.98. The fourth-order valence-electron chi connectivity index (χ4n) is 0.774. The van der Waals surface area contributed by atoms with Gasteiger partial charge in [0.05, 0.1) is 0 Å². The van der Waals surface area contributed by atoms with Crippen LogP contribution in [-0.4, -0.2) is 30.8 Å². The van der Waals surface area contributed by atoms with Gasteiger partial charge in [-0.3, -0.25) is 4.79 Å². The van der Waals surface area contributed by atoms with Gasteiger partial charge in [-0.05, 0) is 26.5 Å². The zero-order chi connectivity index (χ0) is 8.69. The van der Waals surface area contributed by atoms with Gasteiger partial charge in [-0.1, -0.05) is 13.0 Å². The van der Waals surface area contributed by atoms with Crippen molar-refractivity contribution >= 4 is 6.29 Å². The fraction of sp³-hybridized carbons (Fsp3) is 0.667. The van der Waals surface area contributed by atoms with Crippen LogP contribution in [0.1, 0.15) is 20.3 Å². The first-order valence-electron chi connectivity index (χ1n) is 4.02. The summed E-state index contributed by atoms with van der Waals surface area (Å²) in [5.41, 5.74) is 0. The number of carbonyl (C=O) groups is 1. The molecule has 11 heavy (non-hydrogen) atoms. The molecule has 0 fully saturated rings. The maximum absolute atomic E-state index is 9.92. The first kappa shape index (κ1) is 10.4. The lowest BCUT2D eigenvalue weighted by atomic mass is 10.2. The van der Waals surface area contributed by atoms with E-state index in [1.165, 1.54) is 0 Å². The Morgan fingerprint density at radius 2 is 2.18 bits per heavy atom. The number of likely N-dealkylation sites (N-methyl/N-ethyl adjacent to an activating group) is 1. The van der Waals surface area contributed by atoms with Crippen LogP contribution in [0.2, 0.25) is 0 Å². The van der Waals surface area contributed by atoms with Crippen LogP contribution in [0.4, 0.5) is 0 Å². The quantitative estimate of drug-likeness (QED) is 0.442. The highest BCUT2D eigenvalue weighted by molar-refractivity contribution is 5.64. The van der Waals surface area contributed by atoms with E-state index in [0.717, 1.165) is 19.3 Å². The van der Waals surface area contributed by atoms with Gasteiger partial charge in [0.2, 0.25) is 0 Å². The van der Waals surface area contributed by atoms with Crippen LogP contribution in [0, 0.1) is 0 Å². The molecule has 0 amide bonds. The third-order valence-electron chi connectivity index (χ3n) is 1.95. The number of allylic oxidation sites excluding steroid dienone is 1. The van der Waals surface area contributed by atoms with Crippen LogP contribution < -0.4 is 0 Å². The maximum atomic E-state index is 9.92. The van der Waals surface area contributed by atoms with Gasteiger partial charge < -0.3 is 4.90 Å². The third-order valence-corrected chi connectivity index (χ3v) is 1.95. The molecule has 0 spiro atoms. The van der Waals surface area contributed by atoms with Gasteiger partial charge in [0.1, 0.15) is 6.29 Å². The van der Waals surface area contributed by atoms with E-state index in [1.807, 2.05) is 6.08 Å². The molecule has 2 heteroatoms. The summed E-state index contributed by atoms with van der Waals surface area (Å²) in [6.45, 7) is 5.19. The first-order chi connectivity index (χ1) is 5.22. The van der Waals surface area contributed by atoms with Gasteiger partial charge in [-0.2, -0.15) is 0 Å². The molecule has 0 saturated carbocycles. The third kappa shape index (κ3) is 4.73. The molecule has 0 aromatic rings. The molecule has 0 heterocycles. The second-order valence-corrected chi connectivity index (χ2v) is 2.76. The Kier molecular flexibility index (Phi) is 5.75. The molecule has 0 bridgehead atoms. The predicted octanol–water partition coefficient (Wildman–Crippen LogP) is 1.47. The number of nitrogens with zero attached hydrogens (tertiary/aromatic N) is 1. The van der Waals surface area contributed by atoms with E-state index in [2.05, 4.69) is 25.8 Å². The highest BCUT2D eigenvalue weighted by Gasteiger charge is 2.02. The Morgan fingerprint density at radius 3 is 2.64 bits per heavy atom. The maximum Gasteiger partial charge on any atom is 0.142 e. The SMILES string of the molecule is CCC(C)N(C)C/C=C/C=O. The van der Waals surface area contributed by atoms with Crippen molar-refractivity contribution < 1.29 is 4.79 Å². The molecule has 0 aromatic carbocycles. The van der Waals surface area contributed by atoms with Crippen molar-refractivity contribution in [3.8, 4) is 0 Å². The summed E-state index contributed by atoms with van der Waals surface area (Å²) in [5, 5.41) is 0. The smallest absolute Gasteiger partial charge is 0.142 e. The number of carbonyl (C=O) groups excluding carboxylic acids is 1. The molecular weight excluding hydrogens is 138 g/mol. The Hall–Kier alpha value is -0.630. The Labute approximate surface area is 68.9 Å². The monoisotopic (exact) mass is 155 g/mol. The van der Waals surface area contributed by atoms with Gasteiger partial charge in [0, 0.05) is 12.6 Å². The molecule has 64 valence electrons. The topological polar surface area (TPSA) is 20.3 Å². The highest BCUT2D eigenvalue weighted by atomic mass is 16.1. The van der Waals surface area contributed by atoms with Crippen LogP contribution in [0.25, 0.3) is 0 Å². The van der Waals surface area contributed by atoms with Crippen molar-refractivity contribution in [2.75, 3.05) is 13.6 Å². The van der Waals surface area contributed by atoms with Gasteiger partial charge in [-0.15, -0.1) is 0 Å². The van der Waals surface area contributed by atoms with E-state index in [0.29, 0.717) is 6.04 Å². The van der Waals surface area contributed by atoms with Crippen molar-refractivity contribution in [1.82, 2.24) is 4.90 Å². The second kappa shape index (κ2) is 6.10. The molecule has 0 N–H and O–H groups in total. The summed E-state index contributed by atoms with van der Waals surface area (Å²) in [6.07, 6.45) is 5.37. The molecule has 0 aromatic heterocycles. The average molecular weight is 155 g/mol. The van der Waals surface area contributed by atoms with Gasteiger partial charge >= 0.3 is 0 Å². The predicted molar refractivity (Wildman–Crippen MR) is 47.6 cm³/mol. The summed E-state index contributed by atoms with van der Waals surface area (Å²) >= 11 is 0. The zero-order valence-electron chi connectivity index (χ0n) is 7.58. The van der Waals surface area contributed by atoms with Crippen molar-refractivity contribution in [2.45, 2.75) is 26.3 Å². The first-order valence-corrected chi connectivity index (χ1v) is 4.02. The van der Waals surface area contributed by atoms with E-state index >= 15 is 0 Å². The van der Waals surface area contributed by atoms with E-state index in [-0.39, 0.29) is 0 Å². The van der Waals surface area contributed by atoms with Gasteiger partial charge in [0.25, 0.3) is 0 Å². The molecule has 0 aliphatic carbocycles. The average Bonchev–Trinajstić information content (AvgIpc) is 2.03. The summed E-state index contributed by atoms with van der Waals surface area (Å²) < 4.78 is 0. The number of aldehydes is 1. The second-order valence-electron chi connectivity index (χ2n) is 2.76.